The number of carbonyl (C=O) groups excluding carboxylic acids is 1. The van der Waals surface area contributed by atoms with E-state index >= 15 is 0 Å². The number of hydrogen-bond donors (Lipinski definition) is 3. The van der Waals surface area contributed by atoms with Crippen molar-refractivity contribution < 1.29 is 14.3 Å². The summed E-state index contributed by atoms with van der Waals surface area (Å²) >= 11 is 0. The van der Waals surface area contributed by atoms with Crippen LogP contribution in [0.25, 0.3) is 0 Å². The van der Waals surface area contributed by atoms with E-state index in [0.29, 0.717) is 25.2 Å². The van der Waals surface area contributed by atoms with Gasteiger partial charge in [-0.15, -0.1) is 0 Å². The number of ether oxygens (including phenoxy) is 2. The first kappa shape index (κ1) is 23.7. The number of aliphatic imine (C=N–C) groups is 1. The number of rotatable bonds is 13. The van der Waals surface area contributed by atoms with Gasteiger partial charge in [-0.05, 0) is 44.7 Å². The van der Waals surface area contributed by atoms with Crippen molar-refractivity contribution in [1.29, 1.82) is 0 Å². The Morgan fingerprint density at radius 2 is 1.79 bits per heavy atom. The first-order chi connectivity index (χ1) is 13.6. The highest BCUT2D eigenvalue weighted by Gasteiger charge is 2.05. The van der Waals surface area contributed by atoms with Gasteiger partial charge in [0.1, 0.15) is 5.75 Å². The lowest BCUT2D eigenvalue weighted by Gasteiger charge is -2.16. The Hall–Kier alpha value is -2.32. The second-order valence-corrected chi connectivity index (χ2v) is 6.32. The lowest BCUT2D eigenvalue weighted by molar-refractivity contribution is 0.0954. The van der Waals surface area contributed by atoms with Crippen molar-refractivity contribution in [3.63, 3.8) is 0 Å². The molecule has 0 spiro atoms. The number of amides is 1. The van der Waals surface area contributed by atoms with E-state index in [1.54, 1.807) is 38.5 Å². The normalized spacial score (nSPS) is 11.4. The van der Waals surface area contributed by atoms with Gasteiger partial charge in [-0.1, -0.05) is 0 Å². The Morgan fingerprint density at radius 1 is 1.07 bits per heavy atom. The van der Waals surface area contributed by atoms with Crippen LogP contribution in [-0.2, 0) is 4.74 Å². The van der Waals surface area contributed by atoms with E-state index in [1.807, 2.05) is 6.92 Å². The largest absolute Gasteiger partial charge is 0.497 e. The van der Waals surface area contributed by atoms with Crippen LogP contribution in [0, 0.1) is 0 Å². The smallest absolute Gasteiger partial charge is 0.251 e. The molecule has 0 atom stereocenters. The van der Waals surface area contributed by atoms with Crippen LogP contribution in [0.4, 0.5) is 0 Å². The molecule has 0 aromatic heterocycles. The molecule has 0 saturated carbocycles. The molecule has 8 nitrogen and oxygen atoms in total. The molecule has 1 rings (SSSR count). The van der Waals surface area contributed by atoms with Crippen LogP contribution in [0.2, 0.25) is 0 Å². The molecule has 158 valence electrons. The molecule has 0 heterocycles. The molecule has 0 aliphatic heterocycles. The van der Waals surface area contributed by atoms with Gasteiger partial charge in [0.15, 0.2) is 5.96 Å². The number of nitrogens with zero attached hydrogens (tertiary/aromatic N) is 2. The van der Waals surface area contributed by atoms with Crippen LogP contribution < -0.4 is 20.7 Å². The zero-order chi connectivity index (χ0) is 20.6. The molecule has 0 aliphatic rings. The maximum Gasteiger partial charge on any atom is 0.251 e. The first-order valence-corrected chi connectivity index (χ1v) is 9.72. The molecule has 0 aliphatic carbocycles. The highest BCUT2D eigenvalue weighted by molar-refractivity contribution is 5.94. The Balaban J connectivity index is 2.30. The van der Waals surface area contributed by atoms with E-state index in [4.69, 9.17) is 9.47 Å². The molecule has 0 unspecified atom stereocenters. The Bertz CT molecular complexity index is 578. The predicted octanol–water partition coefficient (Wildman–Crippen LogP) is 0.948. The van der Waals surface area contributed by atoms with E-state index in [1.165, 1.54) is 0 Å². The van der Waals surface area contributed by atoms with Crippen molar-refractivity contribution in [3.8, 4) is 5.75 Å². The molecule has 0 fully saturated rings. The van der Waals surface area contributed by atoms with Crippen LogP contribution in [0.1, 0.15) is 23.7 Å². The van der Waals surface area contributed by atoms with E-state index < -0.39 is 0 Å². The van der Waals surface area contributed by atoms with Crippen molar-refractivity contribution in [2.75, 3.05) is 67.1 Å². The van der Waals surface area contributed by atoms with Gasteiger partial charge in [0, 0.05) is 52.0 Å². The molecule has 8 heteroatoms. The Kier molecular flexibility index (Phi) is 12.5. The van der Waals surface area contributed by atoms with Gasteiger partial charge in [-0.25, -0.2) is 0 Å². The molecular formula is C20H35N5O3. The molecule has 1 aromatic carbocycles. The maximum atomic E-state index is 12.1. The molecular weight excluding hydrogens is 358 g/mol. The highest BCUT2D eigenvalue weighted by atomic mass is 16.5. The number of hydrogen-bond acceptors (Lipinski definition) is 5. The average molecular weight is 394 g/mol. The summed E-state index contributed by atoms with van der Waals surface area (Å²) < 4.78 is 10.2. The fourth-order valence-corrected chi connectivity index (χ4v) is 2.47. The molecule has 1 aromatic rings. The third-order valence-corrected chi connectivity index (χ3v) is 4.04. The third kappa shape index (κ3) is 10.1. The lowest BCUT2D eigenvalue weighted by atomic mass is 10.2. The summed E-state index contributed by atoms with van der Waals surface area (Å²) in [5.41, 5.74) is 0.609. The minimum absolute atomic E-state index is 0.107. The minimum Gasteiger partial charge on any atom is -0.497 e. The quantitative estimate of drug-likeness (QED) is 0.263. The number of nitrogens with one attached hydrogen (secondary N) is 3. The SMILES string of the molecule is CCNC(=NCCN(C)CCCOC)NCCNC(=O)c1ccc(OC)cc1. The molecule has 0 bridgehead atoms. The zero-order valence-corrected chi connectivity index (χ0v) is 17.6. The molecule has 3 N–H and O–H groups in total. The number of likely N-dealkylation sites (N-methyl/N-ethyl adjacent to an activating group) is 1. The van der Waals surface area contributed by atoms with Gasteiger partial charge < -0.3 is 30.3 Å². The molecule has 0 saturated heterocycles. The van der Waals surface area contributed by atoms with E-state index in [9.17, 15) is 4.79 Å². The van der Waals surface area contributed by atoms with Crippen LogP contribution in [-0.4, -0.2) is 83.9 Å². The van der Waals surface area contributed by atoms with Crippen molar-refractivity contribution in [2.45, 2.75) is 13.3 Å². The number of guanidine groups is 1. The number of benzene rings is 1. The standard InChI is InChI=1S/C20H35N5O3/c1-5-21-20(24-13-15-25(2)14-6-16-27-3)23-12-11-22-19(26)17-7-9-18(28-4)10-8-17/h7-10H,5-6,11-16H2,1-4H3,(H,22,26)(H2,21,23,24). The summed E-state index contributed by atoms with van der Waals surface area (Å²) in [5.74, 6) is 1.38. The molecule has 0 radical (unpaired) electrons. The second kappa shape index (κ2) is 14.7. The Morgan fingerprint density at radius 3 is 2.43 bits per heavy atom. The first-order valence-electron chi connectivity index (χ1n) is 9.72. The summed E-state index contributed by atoms with van der Waals surface area (Å²) in [4.78, 5) is 18.9. The number of carbonyl (C=O) groups is 1. The van der Waals surface area contributed by atoms with Gasteiger partial charge in [0.05, 0.1) is 13.7 Å². The monoisotopic (exact) mass is 393 g/mol. The van der Waals surface area contributed by atoms with Gasteiger partial charge in [0.25, 0.3) is 5.91 Å². The van der Waals surface area contributed by atoms with Crippen LogP contribution in [0.15, 0.2) is 29.3 Å². The maximum absolute atomic E-state index is 12.1. The van der Waals surface area contributed by atoms with Crippen molar-refractivity contribution >= 4 is 11.9 Å². The predicted molar refractivity (Wildman–Crippen MR) is 113 cm³/mol. The summed E-state index contributed by atoms with van der Waals surface area (Å²) in [7, 11) is 5.40. The average Bonchev–Trinajstić information content (AvgIpc) is 2.71. The molecule has 28 heavy (non-hydrogen) atoms. The third-order valence-electron chi connectivity index (χ3n) is 4.04. The van der Waals surface area contributed by atoms with Crippen LogP contribution in [0.3, 0.4) is 0 Å². The fraction of sp³-hybridized carbons (Fsp3) is 0.600. The zero-order valence-electron chi connectivity index (χ0n) is 17.6. The summed E-state index contributed by atoms with van der Waals surface area (Å²) in [6, 6.07) is 7.04. The van der Waals surface area contributed by atoms with Gasteiger partial charge in [-0.2, -0.15) is 0 Å². The lowest BCUT2D eigenvalue weighted by Crippen LogP contribution is -2.42. The van der Waals surface area contributed by atoms with E-state index in [2.05, 4.69) is 32.9 Å². The summed E-state index contributed by atoms with van der Waals surface area (Å²) in [5, 5.41) is 9.34. The summed E-state index contributed by atoms with van der Waals surface area (Å²) in [6.45, 7) is 7.27. The topological polar surface area (TPSA) is 87.2 Å². The van der Waals surface area contributed by atoms with Gasteiger partial charge in [-0.3, -0.25) is 9.79 Å². The second-order valence-electron chi connectivity index (χ2n) is 6.32. The van der Waals surface area contributed by atoms with Crippen LogP contribution >= 0.6 is 0 Å². The summed E-state index contributed by atoms with van der Waals surface area (Å²) in [6.07, 6.45) is 1.02. The van der Waals surface area contributed by atoms with E-state index in [-0.39, 0.29) is 5.91 Å². The minimum atomic E-state index is -0.107. The van der Waals surface area contributed by atoms with Crippen molar-refractivity contribution in [1.82, 2.24) is 20.9 Å². The molecule has 1 amide bonds. The van der Waals surface area contributed by atoms with Crippen molar-refractivity contribution in [2.24, 2.45) is 4.99 Å². The van der Waals surface area contributed by atoms with Crippen molar-refractivity contribution in [3.05, 3.63) is 29.8 Å². The fourth-order valence-electron chi connectivity index (χ4n) is 2.47. The van der Waals surface area contributed by atoms with Gasteiger partial charge >= 0.3 is 0 Å². The Labute approximate surface area is 168 Å². The number of methoxy groups -OCH3 is 2. The van der Waals surface area contributed by atoms with E-state index in [0.717, 1.165) is 44.4 Å². The van der Waals surface area contributed by atoms with Crippen LogP contribution in [0.5, 0.6) is 5.75 Å². The van der Waals surface area contributed by atoms with Gasteiger partial charge in [0.2, 0.25) is 0 Å². The highest BCUT2D eigenvalue weighted by Crippen LogP contribution is 2.10.